The summed E-state index contributed by atoms with van der Waals surface area (Å²) < 4.78 is 0. The first-order chi connectivity index (χ1) is 9.15. The second-order valence-electron chi connectivity index (χ2n) is 3.80. The van der Waals surface area contributed by atoms with Crippen LogP contribution >= 0.6 is 11.3 Å². The molecule has 19 heavy (non-hydrogen) atoms. The number of hydrogen-bond donors (Lipinski definition) is 3. The Hall–Kier alpha value is -2.22. The molecule has 0 aliphatic rings. The highest BCUT2D eigenvalue weighted by Crippen LogP contribution is 2.14. The largest absolute Gasteiger partial charge is 0.350 e. The standard InChI is InChI=1S/C11H13N5O2S/c1-7(17)15-11-16-9(5-19-11)10(18)13-3-2-8-4-12-6-14-8/h4-6H,2-3H2,1H3,(H,12,14)(H,13,18)(H,15,16,17). The van der Waals surface area contributed by atoms with Crippen molar-refractivity contribution in [2.75, 3.05) is 11.9 Å². The number of nitrogens with one attached hydrogen (secondary N) is 3. The molecule has 7 nitrogen and oxygen atoms in total. The Balaban J connectivity index is 1.82. The lowest BCUT2D eigenvalue weighted by Gasteiger charge is -2.01. The fourth-order valence-electron chi connectivity index (χ4n) is 1.41. The maximum Gasteiger partial charge on any atom is 0.270 e. The molecule has 0 radical (unpaired) electrons. The number of aromatic amines is 1. The van der Waals surface area contributed by atoms with Crippen LogP contribution in [0.4, 0.5) is 5.13 Å². The van der Waals surface area contributed by atoms with E-state index in [1.165, 1.54) is 18.3 Å². The molecule has 8 heteroatoms. The summed E-state index contributed by atoms with van der Waals surface area (Å²) >= 11 is 1.22. The normalized spacial score (nSPS) is 10.2. The fourth-order valence-corrected chi connectivity index (χ4v) is 2.15. The molecule has 2 aromatic heterocycles. The van der Waals surface area contributed by atoms with E-state index in [0.717, 1.165) is 5.69 Å². The summed E-state index contributed by atoms with van der Waals surface area (Å²) in [5.74, 6) is -0.465. The Kier molecular flexibility index (Phi) is 4.24. The van der Waals surface area contributed by atoms with Gasteiger partial charge in [0.1, 0.15) is 5.69 Å². The number of carbonyl (C=O) groups excluding carboxylic acids is 2. The molecule has 0 fully saturated rings. The van der Waals surface area contributed by atoms with E-state index >= 15 is 0 Å². The number of amides is 2. The number of aromatic nitrogens is 3. The lowest BCUT2D eigenvalue weighted by Crippen LogP contribution is -2.26. The minimum absolute atomic E-state index is 0.208. The van der Waals surface area contributed by atoms with Gasteiger partial charge in [0.2, 0.25) is 5.91 Å². The SMILES string of the molecule is CC(=O)Nc1nc(C(=O)NCCc2cnc[nH]2)cs1. The van der Waals surface area contributed by atoms with Gasteiger partial charge in [0.15, 0.2) is 5.13 Å². The quantitative estimate of drug-likeness (QED) is 0.753. The highest BCUT2D eigenvalue weighted by atomic mass is 32.1. The highest BCUT2D eigenvalue weighted by molar-refractivity contribution is 7.14. The molecule has 0 aliphatic heterocycles. The van der Waals surface area contributed by atoms with Crippen molar-refractivity contribution >= 4 is 28.3 Å². The van der Waals surface area contributed by atoms with Gasteiger partial charge in [0.05, 0.1) is 6.33 Å². The number of hydrogen-bond acceptors (Lipinski definition) is 5. The zero-order valence-corrected chi connectivity index (χ0v) is 11.1. The van der Waals surface area contributed by atoms with E-state index < -0.39 is 0 Å². The molecule has 0 saturated heterocycles. The third-order valence-corrected chi connectivity index (χ3v) is 3.01. The molecule has 2 heterocycles. The molecule has 0 unspecified atom stereocenters. The number of thiazole rings is 1. The third-order valence-electron chi connectivity index (χ3n) is 2.25. The molecular weight excluding hydrogens is 266 g/mol. The van der Waals surface area contributed by atoms with E-state index in [1.807, 2.05) is 0 Å². The Bertz CT molecular complexity index is 563. The van der Waals surface area contributed by atoms with Crippen molar-refractivity contribution in [2.24, 2.45) is 0 Å². The van der Waals surface area contributed by atoms with Gasteiger partial charge < -0.3 is 15.6 Å². The van der Waals surface area contributed by atoms with Crippen LogP contribution in [0, 0.1) is 0 Å². The van der Waals surface area contributed by atoms with Crippen LogP contribution in [0.25, 0.3) is 0 Å². The van der Waals surface area contributed by atoms with Crippen LogP contribution in [-0.4, -0.2) is 33.3 Å². The third kappa shape index (κ3) is 3.88. The fraction of sp³-hybridized carbons (Fsp3) is 0.273. The molecular formula is C11H13N5O2S. The number of anilines is 1. The molecule has 0 atom stereocenters. The zero-order valence-electron chi connectivity index (χ0n) is 10.3. The van der Waals surface area contributed by atoms with Crippen molar-refractivity contribution in [3.05, 3.63) is 29.3 Å². The number of carbonyl (C=O) groups is 2. The summed E-state index contributed by atoms with van der Waals surface area (Å²) in [5, 5.41) is 7.31. The Morgan fingerprint density at radius 2 is 2.32 bits per heavy atom. The molecule has 2 amide bonds. The summed E-state index contributed by atoms with van der Waals surface area (Å²) in [6, 6.07) is 0. The van der Waals surface area contributed by atoms with Crippen LogP contribution in [0.5, 0.6) is 0 Å². The van der Waals surface area contributed by atoms with Crippen molar-refractivity contribution in [1.82, 2.24) is 20.3 Å². The van der Waals surface area contributed by atoms with Crippen LogP contribution in [-0.2, 0) is 11.2 Å². The van der Waals surface area contributed by atoms with Gasteiger partial charge in [-0.3, -0.25) is 9.59 Å². The second kappa shape index (κ2) is 6.10. The van der Waals surface area contributed by atoms with Crippen LogP contribution in [0.1, 0.15) is 23.1 Å². The van der Waals surface area contributed by atoms with Crippen LogP contribution in [0.2, 0.25) is 0 Å². The average Bonchev–Trinajstić information content (AvgIpc) is 2.99. The maximum atomic E-state index is 11.8. The Labute approximate surface area is 113 Å². The molecule has 2 aromatic rings. The first-order valence-corrected chi connectivity index (χ1v) is 6.51. The first kappa shape index (κ1) is 13.2. The number of H-pyrrole nitrogens is 1. The van der Waals surface area contributed by atoms with Gasteiger partial charge in [-0.25, -0.2) is 9.97 Å². The monoisotopic (exact) mass is 279 g/mol. The second-order valence-corrected chi connectivity index (χ2v) is 4.66. The van der Waals surface area contributed by atoms with E-state index in [0.29, 0.717) is 23.8 Å². The summed E-state index contributed by atoms with van der Waals surface area (Å²) in [7, 11) is 0. The van der Waals surface area contributed by atoms with Gasteiger partial charge in [-0.2, -0.15) is 0 Å². The minimum Gasteiger partial charge on any atom is -0.350 e. The van der Waals surface area contributed by atoms with Crippen LogP contribution in [0.15, 0.2) is 17.9 Å². The van der Waals surface area contributed by atoms with Gasteiger partial charge in [0, 0.05) is 37.2 Å². The predicted octanol–water partition coefficient (Wildman–Crippen LogP) is 0.797. The Morgan fingerprint density at radius 3 is 3.00 bits per heavy atom. The van der Waals surface area contributed by atoms with Gasteiger partial charge in [-0.1, -0.05) is 0 Å². The van der Waals surface area contributed by atoms with Gasteiger partial charge in [-0.15, -0.1) is 11.3 Å². The smallest absolute Gasteiger partial charge is 0.270 e. The minimum atomic E-state index is -0.257. The average molecular weight is 279 g/mol. The van der Waals surface area contributed by atoms with E-state index in [1.54, 1.807) is 17.9 Å². The molecule has 0 spiro atoms. The highest BCUT2D eigenvalue weighted by Gasteiger charge is 2.10. The van der Waals surface area contributed by atoms with Gasteiger partial charge in [0.25, 0.3) is 5.91 Å². The molecule has 0 saturated carbocycles. The maximum absolute atomic E-state index is 11.8. The van der Waals surface area contributed by atoms with E-state index in [4.69, 9.17) is 0 Å². The van der Waals surface area contributed by atoms with Crippen molar-refractivity contribution in [3.8, 4) is 0 Å². The van der Waals surface area contributed by atoms with Crippen molar-refractivity contribution in [3.63, 3.8) is 0 Å². The summed E-state index contributed by atoms with van der Waals surface area (Å²) in [4.78, 5) is 33.5. The molecule has 100 valence electrons. The number of imidazole rings is 1. The lowest BCUT2D eigenvalue weighted by molar-refractivity contribution is -0.114. The van der Waals surface area contributed by atoms with Crippen molar-refractivity contribution in [1.29, 1.82) is 0 Å². The van der Waals surface area contributed by atoms with Gasteiger partial charge in [-0.05, 0) is 0 Å². The molecule has 2 rings (SSSR count). The van der Waals surface area contributed by atoms with Crippen molar-refractivity contribution < 1.29 is 9.59 Å². The van der Waals surface area contributed by atoms with E-state index in [9.17, 15) is 9.59 Å². The van der Waals surface area contributed by atoms with E-state index in [-0.39, 0.29) is 11.8 Å². The first-order valence-electron chi connectivity index (χ1n) is 5.63. The molecule has 0 bridgehead atoms. The summed E-state index contributed by atoms with van der Waals surface area (Å²) in [5.41, 5.74) is 1.26. The Morgan fingerprint density at radius 1 is 1.47 bits per heavy atom. The summed E-state index contributed by atoms with van der Waals surface area (Å²) in [6.07, 6.45) is 3.98. The molecule has 3 N–H and O–H groups in total. The molecule has 0 aliphatic carbocycles. The van der Waals surface area contributed by atoms with Crippen LogP contribution in [0.3, 0.4) is 0 Å². The zero-order chi connectivity index (χ0) is 13.7. The topological polar surface area (TPSA) is 99.8 Å². The summed E-state index contributed by atoms with van der Waals surface area (Å²) in [6.45, 7) is 1.89. The van der Waals surface area contributed by atoms with Crippen LogP contribution < -0.4 is 10.6 Å². The molecule has 0 aromatic carbocycles. The van der Waals surface area contributed by atoms with Gasteiger partial charge >= 0.3 is 0 Å². The predicted molar refractivity (Wildman–Crippen MR) is 71.0 cm³/mol. The number of nitrogens with zero attached hydrogens (tertiary/aromatic N) is 2. The van der Waals surface area contributed by atoms with Crippen molar-refractivity contribution in [2.45, 2.75) is 13.3 Å². The number of rotatable bonds is 5. The lowest BCUT2D eigenvalue weighted by atomic mass is 10.3. The van der Waals surface area contributed by atoms with E-state index in [2.05, 4.69) is 25.6 Å².